The molecule has 0 bridgehead atoms. The molecule has 1 aromatic carbocycles. The Morgan fingerprint density at radius 3 is 2.67 bits per heavy atom. The van der Waals surface area contributed by atoms with Gasteiger partial charge in [0.1, 0.15) is 5.75 Å². The maximum absolute atomic E-state index is 12.3. The Kier molecular flexibility index (Phi) is 4.93. The summed E-state index contributed by atoms with van der Waals surface area (Å²) in [6.07, 6.45) is 0. The van der Waals surface area contributed by atoms with Crippen molar-refractivity contribution < 1.29 is 9.90 Å². The van der Waals surface area contributed by atoms with Crippen LogP contribution in [-0.4, -0.2) is 33.5 Å². The van der Waals surface area contributed by atoms with Gasteiger partial charge in [0, 0.05) is 11.1 Å². The minimum Gasteiger partial charge on any atom is -0.507 e. The predicted octanol–water partition coefficient (Wildman–Crippen LogP) is 2.18. The number of hydrogen-bond acceptors (Lipinski definition) is 3. The Balaban J connectivity index is 3.09. The first-order valence-corrected chi connectivity index (χ1v) is 6.19. The van der Waals surface area contributed by atoms with Crippen molar-refractivity contribution in [2.45, 2.75) is 19.9 Å². The summed E-state index contributed by atoms with van der Waals surface area (Å²) in [5.74, 6) is -0.462. The van der Waals surface area contributed by atoms with Gasteiger partial charge in [-0.1, -0.05) is 23.8 Å². The fourth-order valence-corrected chi connectivity index (χ4v) is 1.80. The fraction of sp³-hybridized carbons (Fsp3) is 0.333. The zero-order valence-corrected chi connectivity index (χ0v) is 11.8. The number of aromatic hydroxyl groups is 1. The molecule has 0 fully saturated rings. The van der Waals surface area contributed by atoms with Gasteiger partial charge >= 0.3 is 0 Å². The van der Waals surface area contributed by atoms with E-state index in [1.54, 1.807) is 0 Å². The van der Waals surface area contributed by atoms with E-state index in [1.165, 1.54) is 23.1 Å². The van der Waals surface area contributed by atoms with E-state index in [9.17, 15) is 9.90 Å². The molecule has 1 amide bonds. The van der Waals surface area contributed by atoms with Crippen molar-refractivity contribution in [2.24, 2.45) is 5.73 Å². The van der Waals surface area contributed by atoms with Crippen molar-refractivity contribution in [1.82, 2.24) is 4.90 Å². The van der Waals surface area contributed by atoms with Crippen LogP contribution in [0.3, 0.4) is 0 Å². The SMILES string of the molecule is CC(C)N(CC(N)=S)C(=O)c1cc(Cl)ccc1O. The van der Waals surface area contributed by atoms with E-state index < -0.39 is 0 Å². The molecule has 0 atom stereocenters. The summed E-state index contributed by atoms with van der Waals surface area (Å²) >= 11 is 10.6. The van der Waals surface area contributed by atoms with Crippen molar-refractivity contribution in [3.63, 3.8) is 0 Å². The Morgan fingerprint density at radius 1 is 1.56 bits per heavy atom. The number of halogens is 1. The number of hydrogen-bond donors (Lipinski definition) is 2. The molecular weight excluding hydrogens is 272 g/mol. The van der Waals surface area contributed by atoms with E-state index in [4.69, 9.17) is 29.6 Å². The molecule has 1 aromatic rings. The Bertz CT molecular complexity index is 477. The van der Waals surface area contributed by atoms with Crippen LogP contribution in [0.25, 0.3) is 0 Å². The maximum Gasteiger partial charge on any atom is 0.258 e. The van der Waals surface area contributed by atoms with Gasteiger partial charge in [0.15, 0.2) is 0 Å². The highest BCUT2D eigenvalue weighted by Gasteiger charge is 2.22. The van der Waals surface area contributed by atoms with Crippen molar-refractivity contribution in [1.29, 1.82) is 0 Å². The Morgan fingerprint density at radius 2 is 2.17 bits per heavy atom. The summed E-state index contributed by atoms with van der Waals surface area (Å²) in [7, 11) is 0. The zero-order chi connectivity index (χ0) is 13.9. The van der Waals surface area contributed by atoms with Gasteiger partial charge in [-0.05, 0) is 32.0 Å². The highest BCUT2D eigenvalue weighted by Crippen LogP contribution is 2.23. The normalized spacial score (nSPS) is 10.4. The van der Waals surface area contributed by atoms with E-state index in [2.05, 4.69) is 0 Å². The molecule has 0 aliphatic rings. The summed E-state index contributed by atoms with van der Waals surface area (Å²) in [4.78, 5) is 14.0. The van der Waals surface area contributed by atoms with Crippen molar-refractivity contribution in [3.8, 4) is 5.75 Å². The van der Waals surface area contributed by atoms with E-state index in [0.717, 1.165) is 0 Å². The van der Waals surface area contributed by atoms with Crippen LogP contribution in [0, 0.1) is 0 Å². The van der Waals surface area contributed by atoms with Gasteiger partial charge in [0.2, 0.25) is 0 Å². The first-order chi connectivity index (χ1) is 8.32. The molecule has 0 heterocycles. The van der Waals surface area contributed by atoms with Gasteiger partial charge in [-0.2, -0.15) is 0 Å². The van der Waals surface area contributed by atoms with E-state index in [-0.39, 0.29) is 34.8 Å². The second kappa shape index (κ2) is 6.02. The number of carbonyl (C=O) groups excluding carboxylic acids is 1. The lowest BCUT2D eigenvalue weighted by molar-refractivity contribution is 0.0733. The molecule has 6 heteroatoms. The maximum atomic E-state index is 12.3. The quantitative estimate of drug-likeness (QED) is 0.833. The molecule has 0 radical (unpaired) electrons. The number of phenolic OH excluding ortho intramolecular Hbond substituents is 1. The standard InChI is InChI=1S/C12H15ClN2O2S/c1-7(2)15(6-11(14)18)12(17)9-5-8(13)3-4-10(9)16/h3-5,7,16H,6H2,1-2H3,(H2,14,18). The third-order valence-corrected chi connectivity index (χ3v) is 2.76. The third kappa shape index (κ3) is 3.58. The number of amides is 1. The average Bonchev–Trinajstić information content (AvgIpc) is 2.27. The zero-order valence-electron chi connectivity index (χ0n) is 10.2. The van der Waals surface area contributed by atoms with Crippen LogP contribution in [0.15, 0.2) is 18.2 Å². The predicted molar refractivity (Wildman–Crippen MR) is 76.1 cm³/mol. The Hall–Kier alpha value is -1.33. The largest absolute Gasteiger partial charge is 0.507 e. The van der Waals surface area contributed by atoms with Crippen molar-refractivity contribution in [3.05, 3.63) is 28.8 Å². The Labute approximate surface area is 116 Å². The van der Waals surface area contributed by atoms with Gasteiger partial charge in [0.25, 0.3) is 5.91 Å². The van der Waals surface area contributed by atoms with Crippen molar-refractivity contribution in [2.75, 3.05) is 6.54 Å². The number of nitrogens with zero attached hydrogens (tertiary/aromatic N) is 1. The van der Waals surface area contributed by atoms with Gasteiger partial charge in [0.05, 0.1) is 17.1 Å². The lowest BCUT2D eigenvalue weighted by Gasteiger charge is -2.26. The molecule has 1 rings (SSSR count). The summed E-state index contributed by atoms with van der Waals surface area (Å²) in [6.45, 7) is 3.85. The summed E-state index contributed by atoms with van der Waals surface area (Å²) in [6, 6.07) is 4.24. The van der Waals surface area contributed by atoms with Crippen LogP contribution in [0.2, 0.25) is 5.02 Å². The monoisotopic (exact) mass is 286 g/mol. The van der Waals surface area contributed by atoms with Crippen LogP contribution in [0.4, 0.5) is 0 Å². The number of carbonyl (C=O) groups is 1. The van der Waals surface area contributed by atoms with Crippen LogP contribution >= 0.6 is 23.8 Å². The van der Waals surface area contributed by atoms with Gasteiger partial charge in [-0.15, -0.1) is 0 Å². The lowest BCUT2D eigenvalue weighted by atomic mass is 10.1. The van der Waals surface area contributed by atoms with Crippen LogP contribution in [0.1, 0.15) is 24.2 Å². The van der Waals surface area contributed by atoms with E-state index in [1.807, 2.05) is 13.8 Å². The molecular formula is C12H15ClN2O2S. The van der Waals surface area contributed by atoms with Gasteiger partial charge in [-0.3, -0.25) is 4.79 Å². The first-order valence-electron chi connectivity index (χ1n) is 5.40. The van der Waals surface area contributed by atoms with Gasteiger partial charge in [-0.25, -0.2) is 0 Å². The topological polar surface area (TPSA) is 66.6 Å². The molecule has 0 spiro atoms. The second-order valence-corrected chi connectivity index (χ2v) is 5.12. The molecule has 0 aliphatic carbocycles. The first kappa shape index (κ1) is 14.7. The smallest absolute Gasteiger partial charge is 0.258 e. The molecule has 0 saturated carbocycles. The summed E-state index contributed by atoms with van der Waals surface area (Å²) < 4.78 is 0. The molecule has 0 aliphatic heterocycles. The molecule has 18 heavy (non-hydrogen) atoms. The molecule has 98 valence electrons. The van der Waals surface area contributed by atoms with Crippen LogP contribution < -0.4 is 5.73 Å². The lowest BCUT2D eigenvalue weighted by Crippen LogP contribution is -2.42. The minimum absolute atomic E-state index is 0.0858. The number of benzene rings is 1. The van der Waals surface area contributed by atoms with E-state index in [0.29, 0.717) is 5.02 Å². The molecule has 0 saturated heterocycles. The fourth-order valence-electron chi connectivity index (χ4n) is 1.49. The van der Waals surface area contributed by atoms with Crippen LogP contribution in [0.5, 0.6) is 5.75 Å². The number of nitrogens with two attached hydrogens (primary N) is 1. The second-order valence-electron chi connectivity index (χ2n) is 4.15. The summed E-state index contributed by atoms with van der Waals surface area (Å²) in [5.41, 5.74) is 5.61. The summed E-state index contributed by atoms with van der Waals surface area (Å²) in [5, 5.41) is 10.1. The highest BCUT2D eigenvalue weighted by molar-refractivity contribution is 7.80. The molecule has 3 N–H and O–H groups in total. The average molecular weight is 287 g/mol. The highest BCUT2D eigenvalue weighted by atomic mass is 35.5. The van der Waals surface area contributed by atoms with Crippen LogP contribution in [-0.2, 0) is 0 Å². The molecule has 0 aromatic heterocycles. The molecule has 4 nitrogen and oxygen atoms in total. The van der Waals surface area contributed by atoms with E-state index >= 15 is 0 Å². The van der Waals surface area contributed by atoms with Gasteiger partial charge < -0.3 is 15.7 Å². The number of rotatable bonds is 4. The number of phenols is 1. The van der Waals surface area contributed by atoms with Crippen molar-refractivity contribution >= 4 is 34.7 Å². The third-order valence-electron chi connectivity index (χ3n) is 2.40. The molecule has 0 unspecified atom stereocenters. The minimum atomic E-state index is -0.349. The number of thiocarbonyl (C=S) groups is 1.